The lowest BCUT2D eigenvalue weighted by Gasteiger charge is -2.37. The first-order chi connectivity index (χ1) is 14.5. The summed E-state index contributed by atoms with van der Waals surface area (Å²) in [5.74, 6) is 1.44. The van der Waals surface area contributed by atoms with Crippen molar-refractivity contribution in [3.63, 3.8) is 0 Å². The summed E-state index contributed by atoms with van der Waals surface area (Å²) in [6.07, 6.45) is 22.9. The number of benzene rings is 1. The summed E-state index contributed by atoms with van der Waals surface area (Å²) < 4.78 is 6.49. The maximum absolute atomic E-state index is 10.1. The molecule has 0 spiro atoms. The van der Waals surface area contributed by atoms with Gasteiger partial charge in [0.2, 0.25) is 0 Å². The van der Waals surface area contributed by atoms with Crippen molar-refractivity contribution >= 4 is 0 Å². The molecule has 2 nitrogen and oxygen atoms in total. The van der Waals surface area contributed by atoms with E-state index in [2.05, 4.69) is 20.8 Å². The fraction of sp³-hybridized carbons (Fsp3) is 0.786. The lowest BCUT2D eigenvalue weighted by Crippen LogP contribution is -2.36. The van der Waals surface area contributed by atoms with E-state index in [0.717, 1.165) is 36.1 Å². The van der Waals surface area contributed by atoms with Crippen LogP contribution in [0.5, 0.6) is 11.5 Å². The summed E-state index contributed by atoms with van der Waals surface area (Å²) in [5, 5.41) is 10.1. The van der Waals surface area contributed by atoms with Gasteiger partial charge in [0.1, 0.15) is 17.1 Å². The van der Waals surface area contributed by atoms with Gasteiger partial charge in [-0.15, -0.1) is 0 Å². The van der Waals surface area contributed by atoms with Gasteiger partial charge in [-0.05, 0) is 69.2 Å². The van der Waals surface area contributed by atoms with Crippen molar-refractivity contribution < 1.29 is 9.84 Å². The Kier molecular flexibility index (Phi) is 11.1. The molecule has 1 N–H and O–H groups in total. The highest BCUT2D eigenvalue weighted by molar-refractivity contribution is 5.53. The number of phenolic OH excluding ortho intramolecular Hbond substituents is 1. The quantitative estimate of drug-likeness (QED) is 0.289. The van der Waals surface area contributed by atoms with Gasteiger partial charge in [0.25, 0.3) is 0 Å². The normalized spacial score (nSPS) is 18.3. The number of ether oxygens (including phenoxy) is 1. The number of unbranched alkanes of at least 4 members (excludes halogenated alkanes) is 13. The van der Waals surface area contributed by atoms with Crippen LogP contribution < -0.4 is 4.74 Å². The summed E-state index contributed by atoms with van der Waals surface area (Å²) >= 11 is 0. The van der Waals surface area contributed by atoms with Crippen molar-refractivity contribution in [2.24, 2.45) is 0 Å². The fourth-order valence-electron chi connectivity index (χ4n) is 4.84. The van der Waals surface area contributed by atoms with Gasteiger partial charge < -0.3 is 9.84 Å². The molecule has 0 fully saturated rings. The Bertz CT molecular complexity index is 622. The minimum Gasteiger partial charge on any atom is -0.508 e. The molecule has 1 aromatic rings. The van der Waals surface area contributed by atoms with Gasteiger partial charge >= 0.3 is 0 Å². The van der Waals surface area contributed by atoms with Crippen LogP contribution in [0.4, 0.5) is 0 Å². The average molecular weight is 417 g/mol. The zero-order chi connectivity index (χ0) is 21.8. The number of rotatable bonds is 15. The first kappa shape index (κ1) is 25.1. The molecule has 0 saturated carbocycles. The zero-order valence-electron chi connectivity index (χ0n) is 20.5. The summed E-state index contributed by atoms with van der Waals surface area (Å²) in [4.78, 5) is 0. The van der Waals surface area contributed by atoms with E-state index in [1.54, 1.807) is 0 Å². The SMILES string of the molecule is CCCCCCCCCCCCCCCCC1(C)CCc2cc(O)c(C)c(C)c2O1. The van der Waals surface area contributed by atoms with Crippen molar-refractivity contribution in [1.29, 1.82) is 0 Å². The van der Waals surface area contributed by atoms with Crippen molar-refractivity contribution in [3.05, 3.63) is 22.8 Å². The highest BCUT2D eigenvalue weighted by atomic mass is 16.5. The smallest absolute Gasteiger partial charge is 0.126 e. The zero-order valence-corrected chi connectivity index (χ0v) is 20.5. The largest absolute Gasteiger partial charge is 0.508 e. The first-order valence-electron chi connectivity index (χ1n) is 13.0. The van der Waals surface area contributed by atoms with E-state index >= 15 is 0 Å². The summed E-state index contributed by atoms with van der Waals surface area (Å²) in [7, 11) is 0. The van der Waals surface area contributed by atoms with Crippen molar-refractivity contribution in [2.75, 3.05) is 0 Å². The predicted molar refractivity (Wildman–Crippen MR) is 130 cm³/mol. The second-order valence-electron chi connectivity index (χ2n) is 10.0. The molecule has 1 aromatic carbocycles. The van der Waals surface area contributed by atoms with Crippen LogP contribution >= 0.6 is 0 Å². The third kappa shape index (κ3) is 8.16. The highest BCUT2D eigenvalue weighted by Crippen LogP contribution is 2.41. The molecule has 1 heterocycles. The van der Waals surface area contributed by atoms with E-state index in [-0.39, 0.29) is 5.60 Å². The Morgan fingerprint density at radius 1 is 0.800 bits per heavy atom. The van der Waals surface area contributed by atoms with Gasteiger partial charge in [-0.1, -0.05) is 90.4 Å². The number of hydrogen-bond acceptors (Lipinski definition) is 2. The molecular formula is C28H48O2. The molecule has 0 saturated heterocycles. The van der Waals surface area contributed by atoms with E-state index in [1.807, 2.05) is 13.0 Å². The van der Waals surface area contributed by atoms with Crippen molar-refractivity contribution in [1.82, 2.24) is 0 Å². The second kappa shape index (κ2) is 13.3. The van der Waals surface area contributed by atoms with Gasteiger partial charge in [-0.2, -0.15) is 0 Å². The van der Waals surface area contributed by atoms with Crippen LogP contribution in [0.25, 0.3) is 0 Å². The molecular weight excluding hydrogens is 368 g/mol. The van der Waals surface area contributed by atoms with Crippen LogP contribution in [0.1, 0.15) is 133 Å². The molecule has 30 heavy (non-hydrogen) atoms. The van der Waals surface area contributed by atoms with Crippen molar-refractivity contribution in [2.45, 2.75) is 142 Å². The van der Waals surface area contributed by atoms with Gasteiger partial charge in [0.05, 0.1) is 0 Å². The Hall–Kier alpha value is -1.18. The molecule has 1 aliphatic rings. The van der Waals surface area contributed by atoms with E-state index in [1.165, 1.54) is 95.5 Å². The van der Waals surface area contributed by atoms with Crippen LogP contribution in [-0.4, -0.2) is 10.7 Å². The molecule has 1 unspecified atom stereocenters. The topological polar surface area (TPSA) is 29.5 Å². The standard InChI is InChI=1S/C28H48O2/c1-5-6-7-8-9-10-11-12-13-14-15-16-17-18-20-28(4)21-19-25-22-26(29)23(2)24(3)27(25)30-28/h22,29H,5-21H2,1-4H3. The highest BCUT2D eigenvalue weighted by Gasteiger charge is 2.32. The Balaban J connectivity index is 1.52. The molecule has 2 rings (SSSR count). The number of aryl methyl sites for hydroxylation is 1. The lowest BCUT2D eigenvalue weighted by molar-refractivity contribution is 0.0524. The fourth-order valence-corrected chi connectivity index (χ4v) is 4.84. The van der Waals surface area contributed by atoms with Crippen LogP contribution in [0.2, 0.25) is 0 Å². The van der Waals surface area contributed by atoms with Crippen molar-refractivity contribution in [3.8, 4) is 11.5 Å². The van der Waals surface area contributed by atoms with Gasteiger partial charge in [-0.3, -0.25) is 0 Å². The van der Waals surface area contributed by atoms with Crippen LogP contribution in [0, 0.1) is 13.8 Å². The van der Waals surface area contributed by atoms with Crippen LogP contribution in [0.15, 0.2) is 6.07 Å². The maximum atomic E-state index is 10.1. The molecule has 1 aliphatic heterocycles. The van der Waals surface area contributed by atoms with E-state index in [4.69, 9.17) is 4.74 Å². The number of hydrogen-bond donors (Lipinski definition) is 1. The third-order valence-corrected chi connectivity index (χ3v) is 7.22. The maximum Gasteiger partial charge on any atom is 0.126 e. The molecule has 0 aliphatic carbocycles. The molecule has 172 valence electrons. The van der Waals surface area contributed by atoms with Crippen LogP contribution in [0.3, 0.4) is 0 Å². The first-order valence-corrected chi connectivity index (χ1v) is 13.0. The Morgan fingerprint density at radius 3 is 1.83 bits per heavy atom. The molecule has 0 aromatic heterocycles. The van der Waals surface area contributed by atoms with Gasteiger partial charge in [0, 0.05) is 0 Å². The summed E-state index contributed by atoms with van der Waals surface area (Å²) in [6, 6.07) is 1.91. The van der Waals surface area contributed by atoms with Crippen LogP contribution in [-0.2, 0) is 6.42 Å². The minimum absolute atomic E-state index is 0.0434. The third-order valence-electron chi connectivity index (χ3n) is 7.22. The Labute approximate surface area is 186 Å². The minimum atomic E-state index is -0.0434. The number of fused-ring (bicyclic) bond motifs is 1. The molecule has 1 atom stereocenters. The Morgan fingerprint density at radius 2 is 1.30 bits per heavy atom. The van der Waals surface area contributed by atoms with Gasteiger partial charge in [-0.25, -0.2) is 0 Å². The molecule has 2 heteroatoms. The van der Waals surface area contributed by atoms with E-state index in [0.29, 0.717) is 5.75 Å². The number of aromatic hydroxyl groups is 1. The number of phenols is 1. The molecule has 0 amide bonds. The average Bonchev–Trinajstić information content (AvgIpc) is 2.73. The van der Waals surface area contributed by atoms with Gasteiger partial charge in [0.15, 0.2) is 0 Å². The molecule has 0 radical (unpaired) electrons. The second-order valence-corrected chi connectivity index (χ2v) is 10.0. The monoisotopic (exact) mass is 416 g/mol. The lowest BCUT2D eigenvalue weighted by atomic mass is 9.86. The summed E-state index contributed by atoms with van der Waals surface area (Å²) in [5.41, 5.74) is 3.19. The summed E-state index contributed by atoms with van der Waals surface area (Å²) in [6.45, 7) is 8.62. The van der Waals surface area contributed by atoms with E-state index in [9.17, 15) is 5.11 Å². The van der Waals surface area contributed by atoms with E-state index < -0.39 is 0 Å². The predicted octanol–water partition coefficient (Wildman–Crippen LogP) is 8.96. The molecule has 0 bridgehead atoms.